The molecule has 0 amide bonds. The van der Waals surface area contributed by atoms with Crippen molar-refractivity contribution < 1.29 is 8.42 Å². The first-order valence-electron chi connectivity index (χ1n) is 6.24. The Labute approximate surface area is 111 Å². The Morgan fingerprint density at radius 3 is 2.35 bits per heavy atom. The second kappa shape index (κ2) is 7.64. The number of thioether (sulfide) groups is 1. The molecule has 1 N–H and O–H groups in total. The SMILES string of the molecule is CCSCCC(C)NCCS(=O)(=O)C(C)(C)C. The largest absolute Gasteiger partial charge is 0.313 e. The number of nitrogens with one attached hydrogen (secondary N) is 1. The van der Waals surface area contributed by atoms with Crippen LogP contribution in [-0.2, 0) is 9.84 Å². The van der Waals surface area contributed by atoms with Crippen molar-refractivity contribution in [1.29, 1.82) is 0 Å². The second-order valence-electron chi connectivity index (χ2n) is 5.27. The molecule has 0 aromatic rings. The molecule has 0 saturated carbocycles. The molecule has 0 fully saturated rings. The Hall–Kier alpha value is 0.260. The van der Waals surface area contributed by atoms with E-state index in [2.05, 4.69) is 19.2 Å². The molecular weight excluding hydrogens is 254 g/mol. The van der Waals surface area contributed by atoms with Crippen LogP contribution in [0.15, 0.2) is 0 Å². The Morgan fingerprint density at radius 2 is 1.88 bits per heavy atom. The molecule has 0 aromatic carbocycles. The van der Waals surface area contributed by atoms with E-state index in [0.717, 1.165) is 17.9 Å². The van der Waals surface area contributed by atoms with Crippen LogP contribution in [0.3, 0.4) is 0 Å². The van der Waals surface area contributed by atoms with Gasteiger partial charge in [-0.2, -0.15) is 11.8 Å². The van der Waals surface area contributed by atoms with Crippen molar-refractivity contribution in [3.05, 3.63) is 0 Å². The predicted octanol–water partition coefficient (Wildman–Crippen LogP) is 2.32. The standard InChI is InChI=1S/C12H27NO2S2/c1-6-16-9-7-11(2)13-8-10-17(14,15)12(3,4)5/h11,13H,6-10H2,1-5H3. The number of hydrogen-bond acceptors (Lipinski definition) is 4. The van der Waals surface area contributed by atoms with E-state index in [0.29, 0.717) is 12.6 Å². The zero-order valence-electron chi connectivity index (χ0n) is 11.7. The van der Waals surface area contributed by atoms with E-state index in [1.807, 2.05) is 11.8 Å². The summed E-state index contributed by atoms with van der Waals surface area (Å²) in [5.41, 5.74) is 0. The van der Waals surface area contributed by atoms with E-state index in [1.54, 1.807) is 20.8 Å². The highest BCUT2D eigenvalue weighted by Crippen LogP contribution is 2.15. The lowest BCUT2D eigenvalue weighted by molar-refractivity contribution is 0.534. The maximum absolute atomic E-state index is 11.8. The molecule has 0 heterocycles. The topological polar surface area (TPSA) is 46.2 Å². The lowest BCUT2D eigenvalue weighted by Gasteiger charge is -2.20. The van der Waals surface area contributed by atoms with E-state index in [9.17, 15) is 8.42 Å². The van der Waals surface area contributed by atoms with Crippen molar-refractivity contribution in [1.82, 2.24) is 5.32 Å². The van der Waals surface area contributed by atoms with Crippen LogP contribution in [0.2, 0.25) is 0 Å². The quantitative estimate of drug-likeness (QED) is 0.694. The molecule has 3 nitrogen and oxygen atoms in total. The molecule has 0 aliphatic heterocycles. The molecule has 104 valence electrons. The van der Waals surface area contributed by atoms with Crippen molar-refractivity contribution >= 4 is 21.6 Å². The first-order chi connectivity index (χ1) is 7.70. The fourth-order valence-electron chi connectivity index (χ4n) is 1.25. The summed E-state index contributed by atoms with van der Waals surface area (Å²) in [5, 5.41) is 3.28. The van der Waals surface area contributed by atoms with Crippen LogP contribution in [0.4, 0.5) is 0 Å². The summed E-state index contributed by atoms with van der Waals surface area (Å²) in [6, 6.07) is 0.393. The van der Waals surface area contributed by atoms with Gasteiger partial charge in [-0.3, -0.25) is 0 Å². The molecule has 1 unspecified atom stereocenters. The Kier molecular flexibility index (Phi) is 7.76. The molecule has 17 heavy (non-hydrogen) atoms. The van der Waals surface area contributed by atoms with Crippen LogP contribution >= 0.6 is 11.8 Å². The summed E-state index contributed by atoms with van der Waals surface area (Å²) in [4.78, 5) is 0. The van der Waals surface area contributed by atoms with Crippen LogP contribution < -0.4 is 5.32 Å². The molecule has 0 aliphatic carbocycles. The fourth-order valence-corrected chi connectivity index (χ4v) is 3.06. The summed E-state index contributed by atoms with van der Waals surface area (Å²) in [6.07, 6.45) is 1.09. The summed E-state index contributed by atoms with van der Waals surface area (Å²) in [6.45, 7) is 10.1. The molecule has 0 rings (SSSR count). The third kappa shape index (κ3) is 7.32. The predicted molar refractivity (Wildman–Crippen MR) is 78.6 cm³/mol. The van der Waals surface area contributed by atoms with Crippen molar-refractivity contribution in [3.8, 4) is 0 Å². The van der Waals surface area contributed by atoms with Crippen LogP contribution in [0.25, 0.3) is 0 Å². The average molecular weight is 281 g/mol. The molecule has 0 bridgehead atoms. The van der Waals surface area contributed by atoms with Crippen LogP contribution in [0, 0.1) is 0 Å². The monoisotopic (exact) mass is 281 g/mol. The molecule has 0 aliphatic rings. The first-order valence-corrected chi connectivity index (χ1v) is 9.05. The number of hydrogen-bond donors (Lipinski definition) is 1. The molecular formula is C12H27NO2S2. The van der Waals surface area contributed by atoms with E-state index in [-0.39, 0.29) is 5.75 Å². The lowest BCUT2D eigenvalue weighted by atomic mass is 10.2. The van der Waals surface area contributed by atoms with Gasteiger partial charge in [0.1, 0.15) is 0 Å². The highest BCUT2D eigenvalue weighted by atomic mass is 32.2. The van der Waals surface area contributed by atoms with Crippen LogP contribution in [0.1, 0.15) is 41.0 Å². The minimum Gasteiger partial charge on any atom is -0.313 e. The second-order valence-corrected chi connectivity index (χ2v) is 9.53. The first kappa shape index (κ1) is 17.3. The smallest absolute Gasteiger partial charge is 0.156 e. The van der Waals surface area contributed by atoms with Crippen molar-refractivity contribution in [2.45, 2.75) is 51.8 Å². The van der Waals surface area contributed by atoms with Gasteiger partial charge in [-0.05, 0) is 45.6 Å². The minimum absolute atomic E-state index is 0.224. The van der Waals surface area contributed by atoms with Gasteiger partial charge in [-0.15, -0.1) is 0 Å². The van der Waals surface area contributed by atoms with Crippen molar-refractivity contribution in [2.24, 2.45) is 0 Å². The van der Waals surface area contributed by atoms with Gasteiger partial charge in [0.05, 0.1) is 10.5 Å². The van der Waals surface area contributed by atoms with Crippen LogP contribution in [-0.4, -0.2) is 43.0 Å². The van der Waals surface area contributed by atoms with Gasteiger partial charge in [-0.1, -0.05) is 6.92 Å². The average Bonchev–Trinajstić information content (AvgIpc) is 2.16. The molecule has 0 saturated heterocycles. The van der Waals surface area contributed by atoms with Gasteiger partial charge in [0.2, 0.25) is 0 Å². The summed E-state index contributed by atoms with van der Waals surface area (Å²) in [7, 11) is -2.99. The Bertz CT molecular complexity index is 294. The highest BCUT2D eigenvalue weighted by molar-refractivity contribution is 7.99. The van der Waals surface area contributed by atoms with Gasteiger partial charge in [-0.25, -0.2) is 8.42 Å². The van der Waals surface area contributed by atoms with E-state index >= 15 is 0 Å². The molecule has 0 spiro atoms. The van der Waals surface area contributed by atoms with Crippen molar-refractivity contribution in [2.75, 3.05) is 23.8 Å². The third-order valence-electron chi connectivity index (χ3n) is 2.70. The normalized spacial score (nSPS) is 14.9. The van der Waals surface area contributed by atoms with E-state index in [4.69, 9.17) is 0 Å². The zero-order valence-corrected chi connectivity index (χ0v) is 13.4. The lowest BCUT2D eigenvalue weighted by Crippen LogP contribution is -2.37. The maximum atomic E-state index is 11.8. The minimum atomic E-state index is -2.99. The third-order valence-corrected chi connectivity index (χ3v) is 6.24. The molecule has 0 radical (unpaired) electrons. The summed E-state index contributed by atoms with van der Waals surface area (Å²) < 4.78 is 23.1. The maximum Gasteiger partial charge on any atom is 0.156 e. The van der Waals surface area contributed by atoms with Crippen LogP contribution in [0.5, 0.6) is 0 Å². The fraction of sp³-hybridized carbons (Fsp3) is 1.00. The molecule has 1 atom stereocenters. The van der Waals surface area contributed by atoms with Gasteiger partial charge in [0.25, 0.3) is 0 Å². The van der Waals surface area contributed by atoms with Gasteiger partial charge in [0, 0.05) is 12.6 Å². The summed E-state index contributed by atoms with van der Waals surface area (Å²) >= 11 is 1.92. The molecule has 0 aromatic heterocycles. The number of rotatable bonds is 8. The highest BCUT2D eigenvalue weighted by Gasteiger charge is 2.28. The van der Waals surface area contributed by atoms with E-state index < -0.39 is 14.6 Å². The number of sulfone groups is 1. The summed E-state index contributed by atoms with van der Waals surface area (Å²) in [5.74, 6) is 2.50. The molecule has 5 heteroatoms. The van der Waals surface area contributed by atoms with Gasteiger partial charge < -0.3 is 5.32 Å². The van der Waals surface area contributed by atoms with Gasteiger partial charge in [0.15, 0.2) is 9.84 Å². The van der Waals surface area contributed by atoms with Gasteiger partial charge >= 0.3 is 0 Å². The Balaban J connectivity index is 3.84. The zero-order chi connectivity index (χ0) is 13.5. The Morgan fingerprint density at radius 1 is 1.29 bits per heavy atom. The van der Waals surface area contributed by atoms with Crippen molar-refractivity contribution in [3.63, 3.8) is 0 Å². The van der Waals surface area contributed by atoms with E-state index in [1.165, 1.54) is 0 Å².